The summed E-state index contributed by atoms with van der Waals surface area (Å²) in [4.78, 5) is 12.2. The Hall–Kier alpha value is -2.36. The van der Waals surface area contributed by atoms with Crippen LogP contribution in [0.1, 0.15) is 28.8 Å². The third-order valence-electron chi connectivity index (χ3n) is 3.64. The van der Waals surface area contributed by atoms with E-state index >= 15 is 0 Å². The molecule has 0 atom stereocenters. The van der Waals surface area contributed by atoms with E-state index in [1.165, 1.54) is 12.1 Å². The quantitative estimate of drug-likeness (QED) is 0.901. The fraction of sp³-hybridized carbons (Fsp3) is 0.188. The first-order chi connectivity index (χ1) is 9.62. The zero-order chi connectivity index (χ0) is 14.2. The van der Waals surface area contributed by atoms with E-state index in [4.69, 9.17) is 0 Å². The molecule has 0 aliphatic heterocycles. The zero-order valence-corrected chi connectivity index (χ0v) is 10.8. The van der Waals surface area contributed by atoms with Crippen molar-refractivity contribution in [2.24, 2.45) is 0 Å². The van der Waals surface area contributed by atoms with Crippen molar-refractivity contribution in [1.82, 2.24) is 5.32 Å². The molecule has 1 amide bonds. The van der Waals surface area contributed by atoms with Crippen molar-refractivity contribution in [1.29, 1.82) is 0 Å². The van der Waals surface area contributed by atoms with E-state index < -0.39 is 5.54 Å². The third-order valence-corrected chi connectivity index (χ3v) is 3.64. The molecule has 1 saturated carbocycles. The molecule has 20 heavy (non-hydrogen) atoms. The van der Waals surface area contributed by atoms with Crippen LogP contribution in [-0.2, 0) is 5.54 Å². The molecule has 1 aliphatic carbocycles. The fourth-order valence-corrected chi connectivity index (χ4v) is 2.39. The Morgan fingerprint density at radius 2 is 1.75 bits per heavy atom. The van der Waals surface area contributed by atoms with Crippen LogP contribution in [0.25, 0.3) is 0 Å². The largest absolute Gasteiger partial charge is 0.507 e. The second kappa shape index (κ2) is 4.63. The highest BCUT2D eigenvalue weighted by atomic mass is 19.1. The molecule has 1 aliphatic rings. The molecule has 4 heteroatoms. The third kappa shape index (κ3) is 2.13. The van der Waals surface area contributed by atoms with Crippen molar-refractivity contribution < 1.29 is 14.3 Å². The van der Waals surface area contributed by atoms with Crippen LogP contribution in [0.3, 0.4) is 0 Å². The molecule has 2 N–H and O–H groups in total. The van der Waals surface area contributed by atoms with Crippen molar-refractivity contribution in [3.8, 4) is 5.75 Å². The number of carbonyl (C=O) groups is 1. The summed E-state index contributed by atoms with van der Waals surface area (Å²) >= 11 is 0. The number of hydrogen-bond acceptors (Lipinski definition) is 2. The van der Waals surface area contributed by atoms with Crippen LogP contribution >= 0.6 is 0 Å². The van der Waals surface area contributed by atoms with E-state index in [1.807, 2.05) is 0 Å². The molecule has 102 valence electrons. The molecule has 0 aromatic heterocycles. The van der Waals surface area contributed by atoms with Gasteiger partial charge in [0.05, 0.1) is 11.1 Å². The highest BCUT2D eigenvalue weighted by molar-refractivity contribution is 5.97. The molecule has 0 heterocycles. The number of hydrogen-bond donors (Lipinski definition) is 2. The predicted molar refractivity (Wildman–Crippen MR) is 72.9 cm³/mol. The van der Waals surface area contributed by atoms with Crippen molar-refractivity contribution in [2.45, 2.75) is 18.4 Å². The highest BCUT2D eigenvalue weighted by Gasteiger charge is 2.47. The van der Waals surface area contributed by atoms with Gasteiger partial charge in [-0.1, -0.05) is 30.3 Å². The summed E-state index contributed by atoms with van der Waals surface area (Å²) in [5.74, 6) is -0.777. The average molecular weight is 271 g/mol. The van der Waals surface area contributed by atoms with E-state index in [1.54, 1.807) is 36.4 Å². The van der Waals surface area contributed by atoms with Gasteiger partial charge in [0.1, 0.15) is 11.6 Å². The molecule has 0 saturated heterocycles. The maximum atomic E-state index is 13.9. The van der Waals surface area contributed by atoms with Gasteiger partial charge in [-0.3, -0.25) is 4.79 Å². The molecular weight excluding hydrogens is 257 g/mol. The number of aromatic hydroxyl groups is 1. The van der Waals surface area contributed by atoms with Crippen LogP contribution in [0.5, 0.6) is 5.75 Å². The number of rotatable bonds is 3. The number of amides is 1. The van der Waals surface area contributed by atoms with Crippen LogP contribution in [0.15, 0.2) is 48.5 Å². The molecule has 2 aromatic rings. The second-order valence-corrected chi connectivity index (χ2v) is 5.03. The van der Waals surface area contributed by atoms with Crippen LogP contribution in [0.4, 0.5) is 4.39 Å². The molecule has 0 spiro atoms. The van der Waals surface area contributed by atoms with Crippen LogP contribution < -0.4 is 5.32 Å². The van der Waals surface area contributed by atoms with Crippen LogP contribution in [0.2, 0.25) is 0 Å². The van der Waals surface area contributed by atoms with Crippen molar-refractivity contribution >= 4 is 5.91 Å². The van der Waals surface area contributed by atoms with Gasteiger partial charge in [0.15, 0.2) is 0 Å². The minimum absolute atomic E-state index is 0.0747. The number of para-hydroxylation sites is 1. The van der Waals surface area contributed by atoms with Crippen LogP contribution in [0, 0.1) is 5.82 Å². The van der Waals surface area contributed by atoms with E-state index in [-0.39, 0.29) is 23.0 Å². The molecule has 3 nitrogen and oxygen atoms in total. The number of phenols is 1. The topological polar surface area (TPSA) is 49.3 Å². The lowest BCUT2D eigenvalue weighted by Crippen LogP contribution is -2.35. The normalized spacial score (nSPS) is 15.7. The number of nitrogens with one attached hydrogen (secondary N) is 1. The lowest BCUT2D eigenvalue weighted by Gasteiger charge is -2.19. The van der Waals surface area contributed by atoms with Gasteiger partial charge >= 0.3 is 0 Å². The van der Waals surface area contributed by atoms with Crippen molar-refractivity contribution in [3.05, 3.63) is 65.5 Å². The first kappa shape index (κ1) is 12.7. The summed E-state index contributed by atoms with van der Waals surface area (Å²) < 4.78 is 13.9. The van der Waals surface area contributed by atoms with Crippen molar-refractivity contribution in [2.75, 3.05) is 0 Å². The first-order valence-corrected chi connectivity index (χ1v) is 6.48. The van der Waals surface area contributed by atoms with Gasteiger partial charge < -0.3 is 10.4 Å². The molecule has 1 fully saturated rings. The summed E-state index contributed by atoms with van der Waals surface area (Å²) in [7, 11) is 0. The van der Waals surface area contributed by atoms with E-state index in [0.717, 1.165) is 0 Å². The lowest BCUT2D eigenvalue weighted by molar-refractivity contribution is 0.0927. The first-order valence-electron chi connectivity index (χ1n) is 6.48. The van der Waals surface area contributed by atoms with Crippen molar-refractivity contribution in [3.63, 3.8) is 0 Å². The smallest absolute Gasteiger partial charge is 0.255 e. The number of carbonyl (C=O) groups excluding carboxylic acids is 1. The Labute approximate surface area is 116 Å². The maximum Gasteiger partial charge on any atom is 0.255 e. The Balaban J connectivity index is 1.87. The second-order valence-electron chi connectivity index (χ2n) is 5.03. The number of phenolic OH excluding ortho intramolecular Hbond substituents is 1. The van der Waals surface area contributed by atoms with Gasteiger partial charge in [-0.25, -0.2) is 4.39 Å². The summed E-state index contributed by atoms with van der Waals surface area (Å²) in [6.45, 7) is 0. The highest BCUT2D eigenvalue weighted by Crippen LogP contribution is 2.46. The Bertz CT molecular complexity index is 665. The minimum Gasteiger partial charge on any atom is -0.507 e. The fourth-order valence-electron chi connectivity index (χ4n) is 2.39. The van der Waals surface area contributed by atoms with Gasteiger partial charge in [-0.15, -0.1) is 0 Å². The molecule has 0 unspecified atom stereocenters. The number of halogens is 1. The van der Waals surface area contributed by atoms with Crippen LogP contribution in [-0.4, -0.2) is 11.0 Å². The van der Waals surface area contributed by atoms with Gasteiger partial charge in [0.2, 0.25) is 0 Å². The Morgan fingerprint density at radius 1 is 1.10 bits per heavy atom. The SMILES string of the molecule is O=C(NC1(c2ccccc2F)CC1)c1ccccc1O. The predicted octanol–water partition coefficient (Wildman–Crippen LogP) is 2.95. The van der Waals surface area contributed by atoms with E-state index in [2.05, 4.69) is 5.32 Å². The molecule has 0 radical (unpaired) electrons. The van der Waals surface area contributed by atoms with E-state index in [9.17, 15) is 14.3 Å². The summed E-state index contributed by atoms with van der Waals surface area (Å²) in [6, 6.07) is 12.8. The molecule has 3 rings (SSSR count). The zero-order valence-electron chi connectivity index (χ0n) is 10.8. The van der Waals surface area contributed by atoms with Gasteiger partial charge in [-0.2, -0.15) is 0 Å². The van der Waals surface area contributed by atoms with Gasteiger partial charge in [-0.05, 0) is 31.0 Å². The maximum absolute atomic E-state index is 13.9. The molecular formula is C16H14FNO2. The molecule has 2 aromatic carbocycles. The standard InChI is InChI=1S/C16H14FNO2/c17-13-7-3-2-6-12(13)16(9-10-16)18-15(20)11-5-1-4-8-14(11)19/h1-8,19H,9-10H2,(H,18,20). The summed E-state index contributed by atoms with van der Waals surface area (Å²) in [5, 5.41) is 12.5. The monoisotopic (exact) mass is 271 g/mol. The lowest BCUT2D eigenvalue weighted by atomic mass is 10.0. The van der Waals surface area contributed by atoms with E-state index in [0.29, 0.717) is 18.4 Å². The molecule has 0 bridgehead atoms. The average Bonchev–Trinajstić information content (AvgIpc) is 3.20. The Morgan fingerprint density at radius 3 is 2.40 bits per heavy atom. The number of benzene rings is 2. The van der Waals surface area contributed by atoms with Gasteiger partial charge in [0, 0.05) is 5.56 Å². The Kier molecular flexibility index (Phi) is 2.93. The minimum atomic E-state index is -0.634. The summed E-state index contributed by atoms with van der Waals surface area (Å²) in [6.07, 6.45) is 1.40. The van der Waals surface area contributed by atoms with Gasteiger partial charge in [0.25, 0.3) is 5.91 Å². The summed E-state index contributed by atoms with van der Waals surface area (Å²) in [5.41, 5.74) is 0.0731.